The molecule has 2 aromatic rings. The summed E-state index contributed by atoms with van der Waals surface area (Å²) in [6.07, 6.45) is 6.55. The highest BCUT2D eigenvalue weighted by atomic mass is 79.9. The Hall–Kier alpha value is -1.56. The average Bonchev–Trinajstić information content (AvgIpc) is 2.95. The number of nitrogens with two attached hydrogens (primary N) is 1. The van der Waals surface area contributed by atoms with Crippen molar-refractivity contribution in [2.45, 2.75) is 38.5 Å². The molecule has 0 aliphatic heterocycles. The van der Waals surface area contributed by atoms with Crippen LogP contribution in [0.4, 0.5) is 5.82 Å². The van der Waals surface area contributed by atoms with Gasteiger partial charge in [-0.1, -0.05) is 12.8 Å². The number of halogens is 1. The molecule has 3 rings (SSSR count). The van der Waals surface area contributed by atoms with Crippen molar-refractivity contribution in [3.05, 3.63) is 28.3 Å². The first-order chi connectivity index (χ1) is 9.65. The van der Waals surface area contributed by atoms with Gasteiger partial charge < -0.3 is 5.73 Å². The number of rotatable bonds is 2. The molecule has 0 radical (unpaired) electrons. The van der Waals surface area contributed by atoms with Crippen molar-refractivity contribution in [1.29, 1.82) is 0 Å². The topological polar surface area (TPSA) is 77.6 Å². The summed E-state index contributed by atoms with van der Waals surface area (Å²) < 4.78 is 0.832. The minimum Gasteiger partial charge on any atom is -0.383 e. The van der Waals surface area contributed by atoms with Crippen LogP contribution >= 0.6 is 15.9 Å². The molecule has 0 atom stereocenters. The molecular formula is C14H16BrN5. The Bertz CT molecular complexity index is 637. The number of nitrogen functional groups attached to an aromatic ring is 1. The Kier molecular flexibility index (Phi) is 3.65. The van der Waals surface area contributed by atoms with Gasteiger partial charge in [-0.15, -0.1) is 0 Å². The second-order valence-corrected chi connectivity index (χ2v) is 5.90. The number of anilines is 1. The maximum atomic E-state index is 6.02. The van der Waals surface area contributed by atoms with E-state index in [1.54, 1.807) is 6.20 Å². The third-order valence-corrected chi connectivity index (χ3v) is 4.46. The highest BCUT2D eigenvalue weighted by Crippen LogP contribution is 2.38. The molecule has 1 fully saturated rings. The maximum Gasteiger partial charge on any atom is 0.180 e. The number of hydrogen-bond acceptors (Lipinski definition) is 5. The summed E-state index contributed by atoms with van der Waals surface area (Å²) in [5.41, 5.74) is 7.76. The highest BCUT2D eigenvalue weighted by Gasteiger charge is 2.23. The van der Waals surface area contributed by atoms with E-state index in [0.717, 1.165) is 28.7 Å². The molecule has 2 aromatic heterocycles. The van der Waals surface area contributed by atoms with E-state index in [0.29, 0.717) is 23.4 Å². The van der Waals surface area contributed by atoms with Gasteiger partial charge in [0.05, 0.1) is 10.2 Å². The predicted octanol–water partition coefficient (Wildman–Crippen LogP) is 3.24. The normalized spacial score (nSPS) is 15.7. The molecule has 20 heavy (non-hydrogen) atoms. The van der Waals surface area contributed by atoms with Crippen molar-refractivity contribution in [2.24, 2.45) is 0 Å². The van der Waals surface area contributed by atoms with E-state index in [4.69, 9.17) is 10.7 Å². The van der Waals surface area contributed by atoms with Crippen molar-refractivity contribution < 1.29 is 0 Å². The van der Waals surface area contributed by atoms with E-state index in [-0.39, 0.29) is 0 Å². The molecule has 6 heteroatoms. The van der Waals surface area contributed by atoms with Gasteiger partial charge >= 0.3 is 0 Å². The summed E-state index contributed by atoms with van der Waals surface area (Å²) in [4.78, 5) is 17.5. The SMILES string of the molecule is Cc1nccc(-c2nc(N)c(Br)c(C3CCCC3)n2)n1. The Morgan fingerprint density at radius 1 is 1.20 bits per heavy atom. The molecular weight excluding hydrogens is 318 g/mol. The van der Waals surface area contributed by atoms with Crippen molar-refractivity contribution in [1.82, 2.24) is 19.9 Å². The quantitative estimate of drug-likeness (QED) is 0.912. The van der Waals surface area contributed by atoms with Gasteiger partial charge in [-0.25, -0.2) is 19.9 Å². The molecule has 104 valence electrons. The Morgan fingerprint density at radius 2 is 1.95 bits per heavy atom. The number of hydrogen-bond donors (Lipinski definition) is 1. The fraction of sp³-hybridized carbons (Fsp3) is 0.429. The summed E-state index contributed by atoms with van der Waals surface area (Å²) in [5, 5.41) is 0. The van der Waals surface area contributed by atoms with Crippen molar-refractivity contribution in [2.75, 3.05) is 5.73 Å². The Labute approximate surface area is 126 Å². The van der Waals surface area contributed by atoms with Gasteiger partial charge in [0.1, 0.15) is 17.3 Å². The van der Waals surface area contributed by atoms with Crippen LogP contribution in [0, 0.1) is 6.92 Å². The van der Waals surface area contributed by atoms with E-state index in [9.17, 15) is 0 Å². The first kappa shape index (κ1) is 13.4. The van der Waals surface area contributed by atoms with Crippen LogP contribution in [0.2, 0.25) is 0 Å². The smallest absolute Gasteiger partial charge is 0.180 e. The van der Waals surface area contributed by atoms with Gasteiger partial charge in [0.25, 0.3) is 0 Å². The molecule has 5 nitrogen and oxygen atoms in total. The van der Waals surface area contributed by atoms with E-state index in [1.807, 2.05) is 13.0 Å². The highest BCUT2D eigenvalue weighted by molar-refractivity contribution is 9.10. The van der Waals surface area contributed by atoms with E-state index in [2.05, 4.69) is 30.9 Å². The average molecular weight is 334 g/mol. The van der Waals surface area contributed by atoms with Crippen LogP contribution in [0.3, 0.4) is 0 Å². The molecule has 0 aromatic carbocycles. The summed E-state index contributed by atoms with van der Waals surface area (Å²) in [5.74, 6) is 2.23. The van der Waals surface area contributed by atoms with E-state index >= 15 is 0 Å². The lowest BCUT2D eigenvalue weighted by Gasteiger charge is -2.13. The molecule has 0 unspecified atom stereocenters. The lowest BCUT2D eigenvalue weighted by atomic mass is 10.0. The molecule has 1 aliphatic carbocycles. The molecule has 0 amide bonds. The molecule has 2 heterocycles. The zero-order chi connectivity index (χ0) is 14.1. The number of nitrogens with zero attached hydrogens (tertiary/aromatic N) is 4. The standard InChI is InChI=1S/C14H16BrN5/c1-8-17-7-6-10(18-8)14-19-12(9-4-2-3-5-9)11(15)13(16)20-14/h6-7,9H,2-5H2,1H3,(H2,16,19,20). The fourth-order valence-corrected chi connectivity index (χ4v) is 3.15. The van der Waals surface area contributed by atoms with Crippen molar-refractivity contribution in [3.63, 3.8) is 0 Å². The lowest BCUT2D eigenvalue weighted by molar-refractivity contribution is 0.691. The van der Waals surface area contributed by atoms with Gasteiger partial charge in [0.2, 0.25) is 0 Å². The first-order valence-corrected chi connectivity index (χ1v) is 7.57. The van der Waals surface area contributed by atoms with Gasteiger partial charge in [0.15, 0.2) is 5.82 Å². The summed E-state index contributed by atoms with van der Waals surface area (Å²) >= 11 is 3.53. The zero-order valence-corrected chi connectivity index (χ0v) is 12.9. The van der Waals surface area contributed by atoms with Crippen molar-refractivity contribution in [3.8, 4) is 11.5 Å². The minimum absolute atomic E-state index is 0.469. The second-order valence-electron chi connectivity index (χ2n) is 5.10. The largest absolute Gasteiger partial charge is 0.383 e. The lowest BCUT2D eigenvalue weighted by Crippen LogP contribution is -2.06. The van der Waals surface area contributed by atoms with Crippen LogP contribution in [-0.4, -0.2) is 19.9 Å². The van der Waals surface area contributed by atoms with Gasteiger partial charge in [-0.3, -0.25) is 0 Å². The molecule has 0 bridgehead atoms. The Balaban J connectivity index is 2.08. The fourth-order valence-electron chi connectivity index (χ4n) is 2.65. The molecule has 1 aliphatic rings. The van der Waals surface area contributed by atoms with Crippen LogP contribution < -0.4 is 5.73 Å². The van der Waals surface area contributed by atoms with Crippen LogP contribution in [0.25, 0.3) is 11.5 Å². The summed E-state index contributed by atoms with van der Waals surface area (Å²) in [6.45, 7) is 1.85. The van der Waals surface area contributed by atoms with Gasteiger partial charge in [0, 0.05) is 12.1 Å². The summed E-state index contributed by atoms with van der Waals surface area (Å²) in [6, 6.07) is 1.81. The van der Waals surface area contributed by atoms with Crippen LogP contribution in [0.15, 0.2) is 16.7 Å². The van der Waals surface area contributed by atoms with Crippen LogP contribution in [0.5, 0.6) is 0 Å². The third-order valence-electron chi connectivity index (χ3n) is 3.65. The third kappa shape index (κ3) is 2.52. The molecule has 0 saturated heterocycles. The van der Waals surface area contributed by atoms with Crippen molar-refractivity contribution >= 4 is 21.7 Å². The number of aryl methyl sites for hydroxylation is 1. The minimum atomic E-state index is 0.469. The first-order valence-electron chi connectivity index (χ1n) is 6.78. The molecule has 0 spiro atoms. The second kappa shape index (κ2) is 5.44. The Morgan fingerprint density at radius 3 is 2.65 bits per heavy atom. The monoisotopic (exact) mass is 333 g/mol. The summed E-state index contributed by atoms with van der Waals surface area (Å²) in [7, 11) is 0. The predicted molar refractivity (Wildman–Crippen MR) is 81.1 cm³/mol. The van der Waals surface area contributed by atoms with Crippen LogP contribution in [0.1, 0.15) is 43.1 Å². The molecule has 1 saturated carbocycles. The van der Waals surface area contributed by atoms with E-state index < -0.39 is 0 Å². The number of aromatic nitrogens is 4. The zero-order valence-electron chi connectivity index (χ0n) is 11.3. The van der Waals surface area contributed by atoms with Gasteiger partial charge in [-0.05, 0) is 41.8 Å². The van der Waals surface area contributed by atoms with Gasteiger partial charge in [-0.2, -0.15) is 0 Å². The van der Waals surface area contributed by atoms with Crippen LogP contribution in [-0.2, 0) is 0 Å². The maximum absolute atomic E-state index is 6.02. The van der Waals surface area contributed by atoms with E-state index in [1.165, 1.54) is 12.8 Å². The molecule has 2 N–H and O–H groups in total.